The van der Waals surface area contributed by atoms with Crippen LogP contribution in [-0.4, -0.2) is 0 Å². The van der Waals surface area contributed by atoms with Crippen molar-refractivity contribution in [3.05, 3.63) is 39.4 Å². The monoisotopic (exact) mass is 278 g/mol. The molecule has 0 atom stereocenters. The molecule has 84 valence electrons. The zero-order valence-corrected chi connectivity index (χ0v) is 11.1. The van der Waals surface area contributed by atoms with Crippen LogP contribution < -0.4 is 5.73 Å². The molecule has 0 spiro atoms. The van der Waals surface area contributed by atoms with E-state index in [9.17, 15) is 0 Å². The van der Waals surface area contributed by atoms with Gasteiger partial charge in [0.25, 0.3) is 0 Å². The van der Waals surface area contributed by atoms with Crippen molar-refractivity contribution in [2.24, 2.45) is 5.73 Å². The van der Waals surface area contributed by atoms with Gasteiger partial charge in [-0.15, -0.1) is 0 Å². The Hall–Kier alpha value is -1.27. The maximum absolute atomic E-state index is 9.05. The third-order valence-corrected chi connectivity index (χ3v) is 3.49. The van der Waals surface area contributed by atoms with Gasteiger partial charge in [0.1, 0.15) is 0 Å². The quantitative estimate of drug-likeness (QED) is 0.856. The summed E-state index contributed by atoms with van der Waals surface area (Å²) < 4.78 is 0.969. The third kappa shape index (κ3) is 2.65. The van der Waals surface area contributed by atoms with Crippen molar-refractivity contribution in [2.45, 2.75) is 26.7 Å². The molecule has 3 heteroatoms. The van der Waals surface area contributed by atoms with Gasteiger partial charge in [-0.1, -0.05) is 31.5 Å². The summed E-state index contributed by atoms with van der Waals surface area (Å²) in [6, 6.07) is 8.07. The van der Waals surface area contributed by atoms with Gasteiger partial charge < -0.3 is 5.73 Å². The molecule has 0 saturated heterocycles. The largest absolute Gasteiger partial charge is 0.397 e. The number of nitrogens with two attached hydrogens (primary N) is 1. The van der Waals surface area contributed by atoms with E-state index in [1.807, 2.05) is 32.0 Å². The summed E-state index contributed by atoms with van der Waals surface area (Å²) >= 11 is 3.51. The molecular weight excluding hydrogens is 264 g/mol. The number of benzene rings is 1. The second kappa shape index (κ2) is 5.72. The fourth-order valence-electron chi connectivity index (χ4n) is 1.52. The predicted octanol–water partition coefficient (Wildman–Crippen LogP) is 3.75. The first kappa shape index (κ1) is 12.8. The van der Waals surface area contributed by atoms with Gasteiger partial charge in [0, 0.05) is 10.0 Å². The van der Waals surface area contributed by atoms with Crippen molar-refractivity contribution < 1.29 is 0 Å². The van der Waals surface area contributed by atoms with E-state index in [4.69, 9.17) is 11.0 Å². The van der Waals surface area contributed by atoms with E-state index in [1.54, 1.807) is 0 Å². The molecule has 0 saturated carbocycles. The summed E-state index contributed by atoms with van der Waals surface area (Å²) in [6.45, 7) is 4.04. The average Bonchev–Trinajstić information content (AvgIpc) is 2.29. The minimum Gasteiger partial charge on any atom is -0.397 e. The van der Waals surface area contributed by atoms with Crippen LogP contribution in [0.25, 0.3) is 5.70 Å². The Morgan fingerprint density at radius 2 is 2.19 bits per heavy atom. The van der Waals surface area contributed by atoms with Crippen molar-refractivity contribution in [1.82, 2.24) is 0 Å². The molecule has 0 aliphatic rings. The van der Waals surface area contributed by atoms with Crippen LogP contribution in [0.4, 0.5) is 0 Å². The number of hydrogen-bond acceptors (Lipinski definition) is 2. The lowest BCUT2D eigenvalue weighted by Gasteiger charge is -2.09. The predicted molar refractivity (Wildman–Crippen MR) is 70.5 cm³/mol. The van der Waals surface area contributed by atoms with Crippen LogP contribution in [0, 0.1) is 18.3 Å². The Balaban J connectivity index is 3.28. The van der Waals surface area contributed by atoms with Gasteiger partial charge in [0.05, 0.1) is 17.3 Å². The first-order chi connectivity index (χ1) is 7.61. The fourth-order valence-corrected chi connectivity index (χ4v) is 2.00. The standard InChI is InChI=1S/C13H15BrN2/c1-3-5-10(8-15)13(16)11-7-4-6-9(2)12(11)14/h4,6-7H,3,5,16H2,1-2H3/b13-10-. The number of halogens is 1. The van der Waals surface area contributed by atoms with E-state index in [-0.39, 0.29) is 0 Å². The molecule has 2 N–H and O–H groups in total. The van der Waals surface area contributed by atoms with Gasteiger partial charge in [-0.2, -0.15) is 5.26 Å². The van der Waals surface area contributed by atoms with Crippen molar-refractivity contribution >= 4 is 21.6 Å². The fraction of sp³-hybridized carbons (Fsp3) is 0.308. The molecule has 0 aliphatic carbocycles. The Morgan fingerprint density at radius 3 is 2.75 bits per heavy atom. The second-order valence-corrected chi connectivity index (χ2v) is 4.48. The average molecular weight is 279 g/mol. The first-order valence-corrected chi connectivity index (χ1v) is 6.05. The highest BCUT2D eigenvalue weighted by Crippen LogP contribution is 2.27. The molecule has 1 aromatic carbocycles. The van der Waals surface area contributed by atoms with Crippen molar-refractivity contribution in [3.8, 4) is 6.07 Å². The maximum atomic E-state index is 9.05. The molecule has 0 aliphatic heterocycles. The SMILES string of the molecule is CCC/C(C#N)=C(/N)c1cccc(C)c1Br. The topological polar surface area (TPSA) is 49.8 Å². The Labute approximate surface area is 105 Å². The molecular formula is C13H15BrN2. The van der Waals surface area contributed by atoms with Crippen LogP contribution in [0.2, 0.25) is 0 Å². The number of nitriles is 1. The second-order valence-electron chi connectivity index (χ2n) is 3.69. The number of hydrogen-bond donors (Lipinski definition) is 1. The highest BCUT2D eigenvalue weighted by atomic mass is 79.9. The highest BCUT2D eigenvalue weighted by Gasteiger charge is 2.09. The van der Waals surface area contributed by atoms with Gasteiger partial charge in [-0.05, 0) is 34.8 Å². The van der Waals surface area contributed by atoms with Crippen LogP contribution in [-0.2, 0) is 0 Å². The number of allylic oxidation sites excluding steroid dienone is 1. The Bertz CT molecular complexity index is 455. The molecule has 0 aromatic heterocycles. The molecule has 16 heavy (non-hydrogen) atoms. The summed E-state index contributed by atoms with van der Waals surface area (Å²) in [5, 5.41) is 9.05. The molecule has 0 fully saturated rings. The Kier molecular flexibility index (Phi) is 4.57. The normalized spacial score (nSPS) is 11.9. The minimum absolute atomic E-state index is 0.583. The molecule has 0 unspecified atom stereocenters. The maximum Gasteiger partial charge on any atom is 0.0968 e. The van der Waals surface area contributed by atoms with E-state index in [0.29, 0.717) is 11.3 Å². The third-order valence-electron chi connectivity index (χ3n) is 2.44. The van der Waals surface area contributed by atoms with E-state index >= 15 is 0 Å². The van der Waals surface area contributed by atoms with Crippen LogP contribution in [0.1, 0.15) is 30.9 Å². The molecule has 0 bridgehead atoms. The van der Waals surface area contributed by atoms with Gasteiger partial charge in [-0.25, -0.2) is 0 Å². The van der Waals surface area contributed by atoms with Gasteiger partial charge in [0.15, 0.2) is 0 Å². The number of aryl methyl sites for hydroxylation is 1. The molecule has 1 rings (SSSR count). The van der Waals surface area contributed by atoms with Crippen molar-refractivity contribution in [2.75, 3.05) is 0 Å². The van der Waals surface area contributed by atoms with Gasteiger partial charge in [-0.3, -0.25) is 0 Å². The van der Waals surface area contributed by atoms with Crippen LogP contribution in [0.15, 0.2) is 28.2 Å². The highest BCUT2D eigenvalue weighted by molar-refractivity contribution is 9.10. The molecule has 2 nitrogen and oxygen atoms in total. The van der Waals surface area contributed by atoms with Gasteiger partial charge in [0.2, 0.25) is 0 Å². The lowest BCUT2D eigenvalue weighted by molar-refractivity contribution is 0.928. The summed E-state index contributed by atoms with van der Waals surface area (Å²) in [5.74, 6) is 0. The van der Waals surface area contributed by atoms with E-state index in [2.05, 4.69) is 22.0 Å². The molecule has 1 aromatic rings. The zero-order valence-electron chi connectivity index (χ0n) is 9.55. The molecule has 0 radical (unpaired) electrons. The molecule has 0 heterocycles. The summed E-state index contributed by atoms with van der Waals surface area (Å²) in [6.07, 6.45) is 1.65. The smallest absolute Gasteiger partial charge is 0.0968 e. The van der Waals surface area contributed by atoms with Crippen LogP contribution in [0.3, 0.4) is 0 Å². The van der Waals surface area contributed by atoms with E-state index < -0.39 is 0 Å². The van der Waals surface area contributed by atoms with Crippen LogP contribution in [0.5, 0.6) is 0 Å². The van der Waals surface area contributed by atoms with E-state index in [0.717, 1.165) is 28.4 Å². The minimum atomic E-state index is 0.583. The summed E-state index contributed by atoms with van der Waals surface area (Å²) in [4.78, 5) is 0. The van der Waals surface area contributed by atoms with Gasteiger partial charge >= 0.3 is 0 Å². The summed E-state index contributed by atoms with van der Waals surface area (Å²) in [7, 11) is 0. The van der Waals surface area contributed by atoms with Crippen molar-refractivity contribution in [1.29, 1.82) is 5.26 Å². The Morgan fingerprint density at radius 1 is 1.50 bits per heavy atom. The number of nitrogens with zero attached hydrogens (tertiary/aromatic N) is 1. The lowest BCUT2D eigenvalue weighted by Crippen LogP contribution is -2.02. The van der Waals surface area contributed by atoms with Crippen molar-refractivity contribution in [3.63, 3.8) is 0 Å². The zero-order chi connectivity index (χ0) is 12.1. The summed E-state index contributed by atoms with van der Waals surface area (Å²) in [5.41, 5.74) is 9.30. The number of rotatable bonds is 3. The van der Waals surface area contributed by atoms with Crippen LogP contribution >= 0.6 is 15.9 Å². The van der Waals surface area contributed by atoms with E-state index in [1.165, 1.54) is 0 Å². The lowest BCUT2D eigenvalue weighted by atomic mass is 10.0. The first-order valence-electron chi connectivity index (χ1n) is 5.26. The molecule has 0 amide bonds.